The normalized spacial score (nSPS) is 14.6. The number of halogens is 1. The topological polar surface area (TPSA) is 88.2 Å². The van der Waals surface area contributed by atoms with E-state index in [9.17, 15) is 14.4 Å². The lowest BCUT2D eigenvalue weighted by Crippen LogP contribution is -2.52. The first-order valence-corrected chi connectivity index (χ1v) is 12.5. The van der Waals surface area contributed by atoms with Gasteiger partial charge in [-0.3, -0.25) is 9.59 Å². The molecule has 0 aliphatic carbocycles. The SMILES string of the molecule is CC(C)(C)OC(=O)NCC(=O)N1CCN(C(=O)CCCOc2ccc(C(C)(C)C)cc2Br)CC1. The molecule has 0 saturated carbocycles. The molecule has 1 aliphatic rings. The smallest absolute Gasteiger partial charge is 0.408 e. The van der Waals surface area contributed by atoms with Crippen molar-refractivity contribution in [3.63, 3.8) is 0 Å². The number of hydrogen-bond acceptors (Lipinski definition) is 5. The highest BCUT2D eigenvalue weighted by atomic mass is 79.9. The zero-order valence-electron chi connectivity index (χ0n) is 21.2. The molecule has 34 heavy (non-hydrogen) atoms. The predicted octanol–water partition coefficient (Wildman–Crippen LogP) is 4.10. The third kappa shape index (κ3) is 9.16. The number of rotatable bonds is 7. The summed E-state index contributed by atoms with van der Waals surface area (Å²) in [5.74, 6) is 0.645. The van der Waals surface area contributed by atoms with E-state index in [-0.39, 0.29) is 23.8 Å². The van der Waals surface area contributed by atoms with E-state index in [1.54, 1.807) is 30.6 Å². The van der Waals surface area contributed by atoms with Crippen LogP contribution < -0.4 is 10.1 Å². The molecule has 3 amide bonds. The van der Waals surface area contributed by atoms with Crippen LogP contribution in [0.25, 0.3) is 0 Å². The second-order valence-corrected chi connectivity index (χ2v) is 11.3. The van der Waals surface area contributed by atoms with Crippen molar-refractivity contribution in [3.8, 4) is 5.75 Å². The lowest BCUT2D eigenvalue weighted by atomic mass is 9.87. The van der Waals surface area contributed by atoms with Gasteiger partial charge >= 0.3 is 6.09 Å². The number of benzene rings is 1. The maximum Gasteiger partial charge on any atom is 0.408 e. The number of amides is 3. The monoisotopic (exact) mass is 539 g/mol. The first kappa shape index (κ1) is 28.0. The van der Waals surface area contributed by atoms with E-state index >= 15 is 0 Å². The van der Waals surface area contributed by atoms with E-state index in [0.29, 0.717) is 45.6 Å². The molecule has 8 nitrogen and oxygen atoms in total. The van der Waals surface area contributed by atoms with Crippen LogP contribution in [0.4, 0.5) is 4.79 Å². The van der Waals surface area contributed by atoms with E-state index in [2.05, 4.69) is 54.2 Å². The molecule has 1 N–H and O–H groups in total. The van der Waals surface area contributed by atoms with E-state index < -0.39 is 11.7 Å². The van der Waals surface area contributed by atoms with Crippen LogP contribution in [0.15, 0.2) is 22.7 Å². The van der Waals surface area contributed by atoms with Gasteiger partial charge in [0.1, 0.15) is 17.9 Å². The zero-order chi connectivity index (χ0) is 25.5. The second-order valence-electron chi connectivity index (χ2n) is 10.5. The van der Waals surface area contributed by atoms with Crippen molar-refractivity contribution >= 4 is 33.8 Å². The maximum absolute atomic E-state index is 12.5. The van der Waals surface area contributed by atoms with Crippen molar-refractivity contribution in [2.24, 2.45) is 0 Å². The molecule has 9 heteroatoms. The lowest BCUT2D eigenvalue weighted by Gasteiger charge is -2.35. The molecular weight excluding hydrogens is 502 g/mol. The largest absolute Gasteiger partial charge is 0.492 e. The molecule has 1 aromatic carbocycles. The van der Waals surface area contributed by atoms with Gasteiger partial charge in [0.05, 0.1) is 11.1 Å². The van der Waals surface area contributed by atoms with Gasteiger partial charge in [0.15, 0.2) is 0 Å². The summed E-state index contributed by atoms with van der Waals surface area (Å²) in [5.41, 5.74) is 0.675. The van der Waals surface area contributed by atoms with E-state index in [4.69, 9.17) is 9.47 Å². The van der Waals surface area contributed by atoms with Gasteiger partial charge in [0, 0.05) is 32.6 Å². The van der Waals surface area contributed by atoms with Crippen molar-refractivity contribution in [2.75, 3.05) is 39.3 Å². The average Bonchev–Trinajstić information content (AvgIpc) is 2.74. The van der Waals surface area contributed by atoms with Crippen LogP contribution in [-0.2, 0) is 19.7 Å². The van der Waals surface area contributed by atoms with E-state index in [1.165, 1.54) is 5.56 Å². The molecule has 2 rings (SSSR count). The molecular formula is C25H38BrN3O5. The molecule has 1 heterocycles. The number of alkyl carbamates (subject to hydrolysis) is 1. The van der Waals surface area contributed by atoms with Crippen LogP contribution in [0.3, 0.4) is 0 Å². The Balaban J connectivity index is 1.67. The highest BCUT2D eigenvalue weighted by Gasteiger charge is 2.25. The van der Waals surface area contributed by atoms with Gasteiger partial charge in [-0.05, 0) is 66.2 Å². The van der Waals surface area contributed by atoms with E-state index in [1.807, 2.05) is 6.07 Å². The maximum atomic E-state index is 12.5. The second kappa shape index (κ2) is 11.9. The Labute approximate surface area is 211 Å². The van der Waals surface area contributed by atoms with Crippen LogP contribution in [-0.4, -0.2) is 72.6 Å². The van der Waals surface area contributed by atoms with Crippen molar-refractivity contribution < 1.29 is 23.9 Å². The Kier molecular flexibility index (Phi) is 9.79. The lowest BCUT2D eigenvalue weighted by molar-refractivity contribution is -0.139. The van der Waals surface area contributed by atoms with Gasteiger partial charge in [-0.1, -0.05) is 26.8 Å². The van der Waals surface area contributed by atoms with Gasteiger partial charge in [-0.25, -0.2) is 4.79 Å². The summed E-state index contributed by atoms with van der Waals surface area (Å²) in [4.78, 5) is 40.0. The quantitative estimate of drug-likeness (QED) is 0.527. The van der Waals surface area contributed by atoms with Crippen LogP contribution >= 0.6 is 15.9 Å². The van der Waals surface area contributed by atoms with Crippen molar-refractivity contribution in [1.29, 1.82) is 0 Å². The van der Waals surface area contributed by atoms with Gasteiger partial charge in [0.25, 0.3) is 0 Å². The summed E-state index contributed by atoms with van der Waals surface area (Å²) in [5, 5.41) is 2.48. The van der Waals surface area contributed by atoms with Crippen LogP contribution in [0.2, 0.25) is 0 Å². The van der Waals surface area contributed by atoms with Gasteiger partial charge in [-0.15, -0.1) is 0 Å². The molecule has 1 fully saturated rings. The van der Waals surface area contributed by atoms with E-state index in [0.717, 1.165) is 10.2 Å². The number of hydrogen-bond donors (Lipinski definition) is 1. The van der Waals surface area contributed by atoms with Crippen molar-refractivity contribution in [1.82, 2.24) is 15.1 Å². The molecule has 190 valence electrons. The zero-order valence-corrected chi connectivity index (χ0v) is 22.8. The first-order valence-electron chi connectivity index (χ1n) is 11.7. The van der Waals surface area contributed by atoms with Crippen LogP contribution in [0.5, 0.6) is 5.75 Å². The fraction of sp³-hybridized carbons (Fsp3) is 0.640. The van der Waals surface area contributed by atoms with Crippen molar-refractivity contribution in [2.45, 2.75) is 65.4 Å². The van der Waals surface area contributed by atoms with Gasteiger partial charge in [-0.2, -0.15) is 0 Å². The number of ether oxygens (including phenoxy) is 2. The number of carbonyl (C=O) groups excluding carboxylic acids is 3. The number of nitrogens with one attached hydrogen (secondary N) is 1. The minimum atomic E-state index is -0.617. The molecule has 1 saturated heterocycles. The summed E-state index contributed by atoms with van der Waals surface area (Å²) in [7, 11) is 0. The Morgan fingerprint density at radius 3 is 2.09 bits per heavy atom. The van der Waals surface area contributed by atoms with Gasteiger partial charge < -0.3 is 24.6 Å². The molecule has 1 aliphatic heterocycles. The summed E-state index contributed by atoms with van der Waals surface area (Å²) in [6.45, 7) is 14.0. The Morgan fingerprint density at radius 2 is 1.56 bits per heavy atom. The molecule has 0 bridgehead atoms. The molecule has 0 radical (unpaired) electrons. The third-order valence-electron chi connectivity index (χ3n) is 5.36. The predicted molar refractivity (Wildman–Crippen MR) is 135 cm³/mol. The molecule has 0 aromatic heterocycles. The highest BCUT2D eigenvalue weighted by molar-refractivity contribution is 9.10. The Hall–Kier alpha value is -2.29. The minimum Gasteiger partial charge on any atom is -0.492 e. The summed E-state index contributed by atoms with van der Waals surface area (Å²) >= 11 is 3.57. The highest BCUT2D eigenvalue weighted by Crippen LogP contribution is 2.31. The molecule has 1 aromatic rings. The Morgan fingerprint density at radius 1 is 0.971 bits per heavy atom. The number of carbonyl (C=O) groups is 3. The summed E-state index contributed by atoms with van der Waals surface area (Å²) < 4.78 is 11.9. The van der Waals surface area contributed by atoms with Crippen LogP contribution in [0.1, 0.15) is 59.9 Å². The standard InChI is InChI=1S/C25H38BrN3O5/c1-24(2,3)18-9-10-20(19(26)16-18)33-15-7-8-21(30)28-11-13-29(14-12-28)22(31)17-27-23(32)34-25(4,5)6/h9-10,16H,7-8,11-15,17H2,1-6H3,(H,27,32). The van der Waals surface area contributed by atoms with Crippen LogP contribution in [0, 0.1) is 0 Å². The average molecular weight is 540 g/mol. The minimum absolute atomic E-state index is 0.0599. The summed E-state index contributed by atoms with van der Waals surface area (Å²) in [6.07, 6.45) is 0.394. The fourth-order valence-corrected chi connectivity index (χ4v) is 3.92. The number of nitrogens with zero attached hydrogens (tertiary/aromatic N) is 2. The summed E-state index contributed by atoms with van der Waals surface area (Å²) in [6, 6.07) is 6.10. The number of piperazine rings is 1. The van der Waals surface area contributed by atoms with Gasteiger partial charge in [0.2, 0.25) is 11.8 Å². The Bertz CT molecular complexity index is 868. The first-order chi connectivity index (χ1) is 15.8. The fourth-order valence-electron chi connectivity index (χ4n) is 3.43. The third-order valence-corrected chi connectivity index (χ3v) is 5.98. The molecule has 0 spiro atoms. The molecule has 0 unspecified atom stereocenters. The molecule has 0 atom stereocenters. The van der Waals surface area contributed by atoms with Crippen molar-refractivity contribution in [3.05, 3.63) is 28.2 Å².